The topological polar surface area (TPSA) is 182 Å². The summed E-state index contributed by atoms with van der Waals surface area (Å²) in [5.74, 6) is 7.46. The minimum absolute atomic E-state index is 0.125. The van der Waals surface area contributed by atoms with Crippen LogP contribution in [0.3, 0.4) is 0 Å². The van der Waals surface area contributed by atoms with Crippen LogP contribution < -0.4 is 10.6 Å². The number of likely N-dealkylation sites (tertiary alicyclic amines) is 2. The highest BCUT2D eigenvalue weighted by Crippen LogP contribution is 2.37. The van der Waals surface area contributed by atoms with Crippen LogP contribution in [0.2, 0.25) is 0 Å². The number of benzene rings is 2. The third-order valence-corrected chi connectivity index (χ3v) is 12.1. The molecule has 4 aromatic rings. The summed E-state index contributed by atoms with van der Waals surface area (Å²) in [7, 11) is 4.55. The van der Waals surface area contributed by atoms with Crippen LogP contribution in [0.15, 0.2) is 36.4 Å². The highest BCUT2D eigenvalue weighted by Gasteiger charge is 2.43. The Hall–Kier alpha value is -5.92. The van der Waals surface area contributed by atoms with Crippen LogP contribution in [0.1, 0.15) is 99.5 Å². The molecule has 16 heteroatoms. The van der Waals surface area contributed by atoms with Gasteiger partial charge in [0.15, 0.2) is 0 Å². The van der Waals surface area contributed by atoms with Gasteiger partial charge in [0.2, 0.25) is 11.8 Å². The Morgan fingerprint density at radius 1 is 0.871 bits per heavy atom. The van der Waals surface area contributed by atoms with E-state index in [2.05, 4.69) is 38.1 Å². The number of hydrogen-bond donors (Lipinski definition) is 3. The van der Waals surface area contributed by atoms with Gasteiger partial charge >= 0.3 is 12.2 Å². The molecule has 0 aliphatic carbocycles. The Morgan fingerprint density at radius 2 is 1.55 bits per heavy atom. The molecule has 2 aromatic heterocycles. The zero-order valence-corrected chi connectivity index (χ0v) is 36.9. The van der Waals surface area contributed by atoms with E-state index in [-0.39, 0.29) is 35.8 Å². The maximum absolute atomic E-state index is 14.0. The first-order valence-corrected chi connectivity index (χ1v) is 21.4. The number of rotatable bonds is 8. The van der Waals surface area contributed by atoms with E-state index >= 15 is 0 Å². The van der Waals surface area contributed by atoms with Crippen LogP contribution in [0.5, 0.6) is 0 Å². The summed E-state index contributed by atoms with van der Waals surface area (Å²) in [6, 6.07) is 9.89. The Labute approximate surface area is 362 Å². The third-order valence-electron chi connectivity index (χ3n) is 12.1. The van der Waals surface area contributed by atoms with Crippen molar-refractivity contribution >= 4 is 35.0 Å². The number of ether oxygens (including phenoxy) is 4. The number of fused-ring (bicyclic) bond motifs is 6. The molecule has 5 heterocycles. The molecule has 7 rings (SSSR count). The van der Waals surface area contributed by atoms with Crippen molar-refractivity contribution in [3.63, 3.8) is 0 Å². The lowest BCUT2D eigenvalue weighted by molar-refractivity contribution is -0.136. The first-order valence-electron chi connectivity index (χ1n) is 21.4. The van der Waals surface area contributed by atoms with E-state index in [0.29, 0.717) is 51.6 Å². The summed E-state index contributed by atoms with van der Waals surface area (Å²) in [5.41, 5.74) is 6.83. The number of amides is 4. The van der Waals surface area contributed by atoms with Gasteiger partial charge in [-0.2, -0.15) is 0 Å². The first-order chi connectivity index (χ1) is 29.8. The Kier molecular flexibility index (Phi) is 13.5. The molecule has 4 amide bonds. The molecule has 0 spiro atoms. The van der Waals surface area contributed by atoms with Crippen molar-refractivity contribution in [3.05, 3.63) is 70.4 Å². The Morgan fingerprint density at radius 3 is 2.21 bits per heavy atom. The first kappa shape index (κ1) is 44.1. The standard InChI is InChI=1S/C46H58N8O8/c1-26(2)38(50-45(57)59-7)43(55)53-18-9-11-35(53)42-48-33-22-31(28(5)21-36(33)52(42)6)17-14-29-12-15-30(16-13-29)40-34-25-61-19-10-20-62-32-23-37(41(47-34)49-40)54(24-32)44(56)39(27(3)4)51-46(58)60-8/h12-13,15-16,21-22,26-27,32,35,37-39H,9-11,18-20,23-25H2,1-8H3,(H,47,49)(H,50,57)(H,51,58)/t32-,35-,37-,38-,39-/m0/s1. The van der Waals surface area contributed by atoms with E-state index in [0.717, 1.165) is 63.3 Å². The van der Waals surface area contributed by atoms with Crippen LogP contribution >= 0.6 is 0 Å². The fraction of sp³-hybridized carbons (Fsp3) is 0.522. The number of carbonyl (C=O) groups is 4. The number of aromatic amines is 1. The second kappa shape index (κ2) is 19.0. The molecular formula is C46H58N8O8. The molecule has 330 valence electrons. The van der Waals surface area contributed by atoms with E-state index < -0.39 is 30.3 Å². The monoisotopic (exact) mass is 850 g/mol. The second-order valence-electron chi connectivity index (χ2n) is 17.0. The van der Waals surface area contributed by atoms with Crippen molar-refractivity contribution in [2.24, 2.45) is 18.9 Å². The summed E-state index contributed by atoms with van der Waals surface area (Å²) in [6.45, 7) is 11.9. The van der Waals surface area contributed by atoms with Gasteiger partial charge in [-0.3, -0.25) is 9.59 Å². The lowest BCUT2D eigenvalue weighted by Crippen LogP contribution is -2.51. The van der Waals surface area contributed by atoms with Gasteiger partial charge in [0, 0.05) is 56.5 Å². The second-order valence-corrected chi connectivity index (χ2v) is 17.0. The van der Waals surface area contributed by atoms with E-state index in [1.54, 1.807) is 4.90 Å². The average Bonchev–Trinajstić information content (AvgIpc) is 4.07. The summed E-state index contributed by atoms with van der Waals surface area (Å²) >= 11 is 0. The predicted molar refractivity (Wildman–Crippen MR) is 231 cm³/mol. The van der Waals surface area contributed by atoms with Gasteiger partial charge in [0.25, 0.3) is 0 Å². The van der Waals surface area contributed by atoms with E-state index in [4.69, 9.17) is 28.9 Å². The van der Waals surface area contributed by atoms with Gasteiger partial charge in [-0.25, -0.2) is 19.6 Å². The third kappa shape index (κ3) is 9.29. The van der Waals surface area contributed by atoms with Crippen LogP contribution in [0.4, 0.5) is 9.59 Å². The molecule has 0 radical (unpaired) electrons. The maximum Gasteiger partial charge on any atom is 0.407 e. The molecule has 4 bridgehead atoms. The molecular weight excluding hydrogens is 793 g/mol. The molecule has 5 atom stereocenters. The van der Waals surface area contributed by atoms with Crippen molar-refractivity contribution in [1.82, 2.24) is 40.0 Å². The number of aromatic nitrogens is 4. The van der Waals surface area contributed by atoms with Gasteiger partial charge in [-0.15, -0.1) is 0 Å². The van der Waals surface area contributed by atoms with E-state index in [1.807, 2.05) is 76.9 Å². The average molecular weight is 851 g/mol. The molecule has 0 unspecified atom stereocenters. The number of nitrogens with one attached hydrogen (secondary N) is 3. The minimum Gasteiger partial charge on any atom is -0.453 e. The van der Waals surface area contributed by atoms with E-state index in [1.165, 1.54) is 14.2 Å². The van der Waals surface area contributed by atoms with Gasteiger partial charge in [0.1, 0.15) is 23.7 Å². The molecule has 2 saturated heterocycles. The van der Waals surface area contributed by atoms with Crippen LogP contribution in [-0.2, 0) is 42.2 Å². The van der Waals surface area contributed by atoms with Crippen molar-refractivity contribution in [1.29, 1.82) is 0 Å². The zero-order chi connectivity index (χ0) is 44.2. The molecule has 16 nitrogen and oxygen atoms in total. The van der Waals surface area contributed by atoms with Gasteiger partial charge in [0.05, 0.1) is 61.4 Å². The number of imidazole rings is 2. The fourth-order valence-electron chi connectivity index (χ4n) is 8.64. The molecule has 3 N–H and O–H groups in total. The van der Waals surface area contributed by atoms with Gasteiger partial charge < -0.3 is 48.9 Å². The molecule has 62 heavy (non-hydrogen) atoms. The molecule has 2 fully saturated rings. The smallest absolute Gasteiger partial charge is 0.407 e. The zero-order valence-electron chi connectivity index (χ0n) is 36.9. The number of carbonyl (C=O) groups excluding carboxylic acids is 4. The quantitative estimate of drug-likeness (QED) is 0.187. The van der Waals surface area contributed by atoms with Gasteiger partial charge in [-0.05, 0) is 67.9 Å². The predicted octanol–water partition coefficient (Wildman–Crippen LogP) is 5.68. The fourth-order valence-corrected chi connectivity index (χ4v) is 8.64. The molecule has 3 aliphatic heterocycles. The van der Waals surface area contributed by atoms with Crippen molar-refractivity contribution in [3.8, 4) is 23.1 Å². The number of methoxy groups -OCH3 is 2. The summed E-state index contributed by atoms with van der Waals surface area (Å²) in [4.78, 5) is 69.3. The number of hydrogen-bond acceptors (Lipinski definition) is 10. The molecule has 3 aliphatic rings. The lowest BCUT2D eigenvalue weighted by Gasteiger charge is -2.30. The SMILES string of the molecule is COC(=O)N[C@H](C(=O)N1C[C@@H]2C[C@H]1c1nc(-c3ccc(C#Cc4cc5nc([C@@H]6CCCN6C(=O)[C@@H](NC(=O)OC)C(C)C)n(C)c5cc4C)cc3)c([nH]1)COCCCO2)C(C)C. The highest BCUT2D eigenvalue weighted by molar-refractivity contribution is 5.87. The summed E-state index contributed by atoms with van der Waals surface area (Å²) < 4.78 is 23.9. The van der Waals surface area contributed by atoms with E-state index in [9.17, 15) is 19.2 Å². The largest absolute Gasteiger partial charge is 0.453 e. The van der Waals surface area contributed by atoms with Crippen molar-refractivity contribution in [2.75, 3.05) is 40.5 Å². The Balaban J connectivity index is 1.12. The van der Waals surface area contributed by atoms with Crippen LogP contribution in [-0.4, -0.2) is 112 Å². The minimum atomic E-state index is -0.778. The molecule has 2 aromatic carbocycles. The Bertz CT molecular complexity index is 2360. The molecule has 0 saturated carbocycles. The maximum atomic E-state index is 14.0. The van der Waals surface area contributed by atoms with Crippen LogP contribution in [0.25, 0.3) is 22.3 Å². The lowest BCUT2D eigenvalue weighted by atomic mass is 10.0. The normalized spacial score (nSPS) is 19.9. The number of alkyl carbamates (subject to hydrolysis) is 2. The summed E-state index contributed by atoms with van der Waals surface area (Å²) in [5, 5.41) is 5.44. The number of aryl methyl sites for hydroxylation is 2. The van der Waals surface area contributed by atoms with Crippen molar-refractivity contribution < 1.29 is 38.1 Å². The van der Waals surface area contributed by atoms with Crippen LogP contribution in [0, 0.1) is 30.6 Å². The number of nitrogens with zero attached hydrogens (tertiary/aromatic N) is 5. The number of H-pyrrole nitrogens is 1. The highest BCUT2D eigenvalue weighted by atomic mass is 16.5. The summed E-state index contributed by atoms with van der Waals surface area (Å²) in [6.07, 6.45) is 1.39. The van der Waals surface area contributed by atoms with Crippen molar-refractivity contribution in [2.45, 2.75) is 97.2 Å². The van der Waals surface area contributed by atoms with Gasteiger partial charge in [-0.1, -0.05) is 51.7 Å².